The number of fused-ring (bicyclic) bond motifs is 3. The Morgan fingerprint density at radius 2 is 1.58 bits per heavy atom. The summed E-state index contributed by atoms with van der Waals surface area (Å²) in [4.78, 5) is 23.5. The number of halogens is 1. The number of nitrogens with zero attached hydrogens (tertiary/aromatic N) is 4. The first kappa shape index (κ1) is 33.3. The molecule has 48 heavy (non-hydrogen) atoms. The quantitative estimate of drug-likeness (QED) is 0.200. The molecule has 7 rings (SSSR count). The molecule has 8 nitrogen and oxygen atoms in total. The maximum atomic E-state index is 13.8. The molecule has 0 saturated carbocycles. The lowest BCUT2D eigenvalue weighted by Gasteiger charge is -2.46. The van der Waals surface area contributed by atoms with Crippen LogP contribution in [-0.2, 0) is 26.7 Å². The second-order valence-corrected chi connectivity index (χ2v) is 16.1. The molecule has 3 aliphatic heterocycles. The number of nitrogens with two attached hydrogens (primary N) is 1. The highest BCUT2D eigenvalue weighted by Gasteiger charge is 2.44. The SMILES string of the molecule is Cc1nc2ccccc2n1C1CC2CCC(C1)N2CCC1(c2ccccc2)CCN(C(=O)C(CCl)Cc2ccc(S(N)(=O)=O)cc2)CC1. The number of piperidine rings is 2. The Hall–Kier alpha value is -3.24. The van der Waals surface area contributed by atoms with Gasteiger partial charge in [-0.25, -0.2) is 18.5 Å². The summed E-state index contributed by atoms with van der Waals surface area (Å²) >= 11 is 6.36. The van der Waals surface area contributed by atoms with E-state index in [-0.39, 0.29) is 28.0 Å². The van der Waals surface area contributed by atoms with Gasteiger partial charge in [-0.05, 0) is 106 Å². The average molecular weight is 688 g/mol. The predicted molar refractivity (Wildman–Crippen MR) is 191 cm³/mol. The smallest absolute Gasteiger partial charge is 0.238 e. The average Bonchev–Trinajstić information content (AvgIpc) is 3.56. The van der Waals surface area contributed by atoms with E-state index in [1.165, 1.54) is 48.9 Å². The van der Waals surface area contributed by atoms with Gasteiger partial charge in [0.1, 0.15) is 5.82 Å². The Morgan fingerprint density at radius 3 is 2.23 bits per heavy atom. The topological polar surface area (TPSA) is 102 Å². The van der Waals surface area contributed by atoms with Gasteiger partial charge in [0.15, 0.2) is 0 Å². The number of aryl methyl sites for hydroxylation is 1. The molecule has 3 saturated heterocycles. The van der Waals surface area contributed by atoms with Gasteiger partial charge in [-0.3, -0.25) is 9.69 Å². The molecule has 0 spiro atoms. The van der Waals surface area contributed by atoms with Crippen LogP contribution in [0.4, 0.5) is 0 Å². The van der Waals surface area contributed by atoms with E-state index in [2.05, 4.69) is 71.0 Å². The van der Waals surface area contributed by atoms with Gasteiger partial charge in [-0.1, -0.05) is 54.6 Å². The van der Waals surface area contributed by atoms with E-state index in [1.54, 1.807) is 12.1 Å². The summed E-state index contributed by atoms with van der Waals surface area (Å²) < 4.78 is 25.8. The van der Waals surface area contributed by atoms with Crippen LogP contribution in [0.1, 0.15) is 67.9 Å². The number of hydrogen-bond acceptors (Lipinski definition) is 5. The van der Waals surface area contributed by atoms with E-state index in [0.717, 1.165) is 42.7 Å². The zero-order valence-electron chi connectivity index (χ0n) is 27.7. The van der Waals surface area contributed by atoms with Gasteiger partial charge in [-0.2, -0.15) is 0 Å². The molecule has 4 heterocycles. The minimum Gasteiger partial charge on any atom is -0.342 e. The van der Waals surface area contributed by atoms with Crippen molar-refractivity contribution in [3.8, 4) is 0 Å². The lowest BCUT2D eigenvalue weighted by molar-refractivity contribution is -0.136. The minimum atomic E-state index is -3.76. The fourth-order valence-corrected chi connectivity index (χ4v) is 9.74. The third kappa shape index (κ3) is 6.54. The molecule has 1 amide bonds. The molecule has 3 unspecified atom stereocenters. The minimum absolute atomic E-state index is 0.0193. The van der Waals surface area contributed by atoms with Crippen molar-refractivity contribution in [2.24, 2.45) is 11.1 Å². The van der Waals surface area contributed by atoms with Gasteiger partial charge in [0.2, 0.25) is 15.9 Å². The standard InChI is InChI=1S/C38H46ClN5O3S/c1-27-41-35-9-5-6-10-36(35)44(27)33-24-31-13-14-32(25-33)43(31)22-19-38(30-7-3-2-4-8-30)17-20-42(21-18-38)37(45)29(26-39)23-28-11-15-34(16-12-28)48(40,46)47/h2-12,15-16,29,31-33H,13-14,17-26H2,1H3,(H2,40,46,47). The van der Waals surface area contributed by atoms with Crippen molar-refractivity contribution in [3.63, 3.8) is 0 Å². The van der Waals surface area contributed by atoms with Crippen LogP contribution in [0.3, 0.4) is 0 Å². The molecule has 3 aliphatic rings. The number of rotatable bonds is 10. The van der Waals surface area contributed by atoms with Gasteiger partial charge in [0, 0.05) is 37.1 Å². The number of carbonyl (C=O) groups is 1. The van der Waals surface area contributed by atoms with E-state index in [0.29, 0.717) is 37.6 Å². The Bertz CT molecular complexity index is 1840. The van der Waals surface area contributed by atoms with Crippen LogP contribution in [0.2, 0.25) is 0 Å². The lowest BCUT2D eigenvalue weighted by Crippen LogP contribution is -2.50. The predicted octanol–water partition coefficient (Wildman–Crippen LogP) is 6.21. The number of primary sulfonamides is 1. The zero-order chi connectivity index (χ0) is 33.5. The molecule has 2 bridgehead atoms. The maximum absolute atomic E-state index is 13.8. The van der Waals surface area contributed by atoms with Crippen molar-refractivity contribution < 1.29 is 13.2 Å². The summed E-state index contributed by atoms with van der Waals surface area (Å²) in [5.74, 6) is 1.03. The molecule has 3 fully saturated rings. The number of likely N-dealkylation sites (tertiary alicyclic amines) is 1. The van der Waals surface area contributed by atoms with Crippen molar-refractivity contribution in [1.29, 1.82) is 0 Å². The number of amides is 1. The molecule has 1 aromatic heterocycles. The molecule has 2 N–H and O–H groups in total. The van der Waals surface area contributed by atoms with Gasteiger partial charge in [0.25, 0.3) is 0 Å². The highest BCUT2D eigenvalue weighted by Crippen LogP contribution is 2.45. The summed E-state index contributed by atoms with van der Waals surface area (Å²) in [5, 5.41) is 5.25. The Labute approximate surface area is 289 Å². The zero-order valence-corrected chi connectivity index (χ0v) is 29.2. The monoisotopic (exact) mass is 687 g/mol. The van der Waals surface area contributed by atoms with Crippen molar-refractivity contribution in [2.45, 2.75) is 86.7 Å². The lowest BCUT2D eigenvalue weighted by atomic mass is 9.70. The van der Waals surface area contributed by atoms with Crippen LogP contribution >= 0.6 is 11.6 Å². The molecular formula is C38H46ClN5O3S. The van der Waals surface area contributed by atoms with Crippen LogP contribution in [-0.4, -0.2) is 71.3 Å². The fourth-order valence-electron chi connectivity index (χ4n) is 8.99. The number of carbonyl (C=O) groups excluding carboxylic acids is 1. The Kier molecular flexibility index (Phi) is 9.41. The van der Waals surface area contributed by atoms with E-state index < -0.39 is 10.0 Å². The van der Waals surface area contributed by atoms with Crippen LogP contribution in [0.5, 0.6) is 0 Å². The van der Waals surface area contributed by atoms with Crippen LogP contribution < -0.4 is 5.14 Å². The van der Waals surface area contributed by atoms with Gasteiger partial charge < -0.3 is 9.47 Å². The molecule has 0 radical (unpaired) electrons. The molecule has 4 aromatic rings. The number of aromatic nitrogens is 2. The Morgan fingerprint density at radius 1 is 0.938 bits per heavy atom. The Balaban J connectivity index is 1.02. The summed E-state index contributed by atoms with van der Waals surface area (Å²) in [6.07, 6.45) is 8.25. The van der Waals surface area contributed by atoms with Crippen molar-refractivity contribution in [3.05, 3.63) is 95.8 Å². The van der Waals surface area contributed by atoms with Gasteiger partial charge in [0.05, 0.1) is 21.8 Å². The highest BCUT2D eigenvalue weighted by molar-refractivity contribution is 7.89. The van der Waals surface area contributed by atoms with E-state index in [1.807, 2.05) is 4.90 Å². The normalized spacial score (nSPS) is 23.4. The molecule has 3 atom stereocenters. The first-order chi connectivity index (χ1) is 23.1. The van der Waals surface area contributed by atoms with Crippen LogP contribution in [0.25, 0.3) is 11.0 Å². The number of hydrogen-bond donors (Lipinski definition) is 1. The first-order valence-corrected chi connectivity index (χ1v) is 19.4. The number of sulfonamides is 1. The van der Waals surface area contributed by atoms with Gasteiger partial charge >= 0.3 is 0 Å². The number of alkyl halides is 1. The highest BCUT2D eigenvalue weighted by atomic mass is 35.5. The van der Waals surface area contributed by atoms with Gasteiger partial charge in [-0.15, -0.1) is 11.6 Å². The fraction of sp³-hybridized carbons (Fsp3) is 0.474. The second kappa shape index (κ2) is 13.6. The first-order valence-electron chi connectivity index (χ1n) is 17.4. The molecule has 10 heteroatoms. The van der Waals surface area contributed by atoms with Crippen molar-refractivity contribution >= 4 is 38.6 Å². The summed E-state index contributed by atoms with van der Waals surface area (Å²) in [6.45, 7) is 4.63. The number of benzene rings is 3. The number of para-hydroxylation sites is 2. The maximum Gasteiger partial charge on any atom is 0.238 e. The van der Waals surface area contributed by atoms with Crippen molar-refractivity contribution in [2.75, 3.05) is 25.5 Å². The summed E-state index contributed by atoms with van der Waals surface area (Å²) in [6, 6.07) is 27.6. The third-order valence-electron chi connectivity index (χ3n) is 11.5. The van der Waals surface area contributed by atoms with E-state index in [4.69, 9.17) is 21.7 Å². The van der Waals surface area contributed by atoms with Crippen LogP contribution in [0, 0.1) is 12.8 Å². The third-order valence-corrected chi connectivity index (χ3v) is 12.8. The molecule has 254 valence electrons. The van der Waals surface area contributed by atoms with E-state index in [9.17, 15) is 13.2 Å². The molecular weight excluding hydrogens is 642 g/mol. The van der Waals surface area contributed by atoms with Crippen molar-refractivity contribution in [1.82, 2.24) is 19.4 Å². The van der Waals surface area contributed by atoms with E-state index >= 15 is 0 Å². The molecule has 0 aliphatic carbocycles. The summed E-state index contributed by atoms with van der Waals surface area (Å²) in [5.41, 5.74) is 4.62. The number of imidazole rings is 1. The second-order valence-electron chi connectivity index (χ2n) is 14.2. The summed E-state index contributed by atoms with van der Waals surface area (Å²) in [7, 11) is -3.76. The molecule has 3 aromatic carbocycles. The van der Waals surface area contributed by atoms with Crippen LogP contribution in [0.15, 0.2) is 83.8 Å². The largest absolute Gasteiger partial charge is 0.342 e.